The first-order valence-electron chi connectivity index (χ1n) is 9.41. The lowest BCUT2D eigenvalue weighted by atomic mass is 9.84. The molecule has 6 nitrogen and oxygen atoms in total. The second-order valence-corrected chi connectivity index (χ2v) is 7.46. The Morgan fingerprint density at radius 3 is 2.69 bits per heavy atom. The van der Waals surface area contributed by atoms with Gasteiger partial charge < -0.3 is 20.5 Å². The van der Waals surface area contributed by atoms with Gasteiger partial charge in [0.05, 0.1) is 20.8 Å². The van der Waals surface area contributed by atoms with Crippen molar-refractivity contribution in [2.24, 2.45) is 10.7 Å². The minimum Gasteiger partial charge on any atom is -0.493 e. The summed E-state index contributed by atoms with van der Waals surface area (Å²) in [4.78, 5) is 7.07. The molecule has 0 spiro atoms. The number of guanidine groups is 1. The Bertz CT molecular complexity index is 616. The van der Waals surface area contributed by atoms with Gasteiger partial charge in [0.25, 0.3) is 0 Å². The maximum Gasteiger partial charge on any atom is 0.188 e. The minimum absolute atomic E-state index is 0.158. The van der Waals surface area contributed by atoms with Gasteiger partial charge in [-0.15, -0.1) is 0 Å². The van der Waals surface area contributed by atoms with E-state index in [1.54, 1.807) is 14.2 Å². The summed E-state index contributed by atoms with van der Waals surface area (Å²) in [5.41, 5.74) is 7.08. The van der Waals surface area contributed by atoms with Crippen LogP contribution in [0, 0.1) is 0 Å². The quantitative estimate of drug-likeness (QED) is 0.549. The number of hydrogen-bond donors (Lipinski definition) is 2. The van der Waals surface area contributed by atoms with E-state index in [0.717, 1.165) is 30.2 Å². The van der Waals surface area contributed by atoms with E-state index in [2.05, 4.69) is 42.0 Å². The standard InChI is InChI=1S/C20H34N4O2/c1-6-24-11-7-8-16(24)13-22-19(21)23-14-20(2,3)15-9-10-17(25-4)18(12-15)26-5/h9-10,12,16H,6-8,11,13-14H2,1-5H3,(H3,21,22,23). The molecule has 0 amide bonds. The third-order valence-electron chi connectivity index (χ3n) is 5.23. The van der Waals surface area contributed by atoms with E-state index < -0.39 is 0 Å². The lowest BCUT2D eigenvalue weighted by Gasteiger charge is -2.25. The number of hydrogen-bond acceptors (Lipinski definition) is 4. The molecule has 26 heavy (non-hydrogen) atoms. The monoisotopic (exact) mass is 362 g/mol. The van der Waals surface area contributed by atoms with Crippen molar-refractivity contribution >= 4 is 5.96 Å². The van der Waals surface area contributed by atoms with Crippen molar-refractivity contribution in [3.63, 3.8) is 0 Å². The van der Waals surface area contributed by atoms with Gasteiger partial charge in [0, 0.05) is 18.0 Å². The van der Waals surface area contributed by atoms with Crippen molar-refractivity contribution in [1.29, 1.82) is 0 Å². The topological polar surface area (TPSA) is 72.1 Å². The Balaban J connectivity index is 1.96. The number of methoxy groups -OCH3 is 2. The number of nitrogens with one attached hydrogen (secondary N) is 1. The summed E-state index contributed by atoms with van der Waals surface area (Å²) in [6.07, 6.45) is 2.49. The molecule has 1 unspecified atom stereocenters. The van der Waals surface area contributed by atoms with Crippen LogP contribution >= 0.6 is 0 Å². The highest BCUT2D eigenvalue weighted by molar-refractivity contribution is 5.77. The van der Waals surface area contributed by atoms with Crippen molar-refractivity contribution in [3.05, 3.63) is 23.8 Å². The number of nitrogens with two attached hydrogens (primary N) is 1. The van der Waals surface area contributed by atoms with Gasteiger partial charge in [0.2, 0.25) is 0 Å². The van der Waals surface area contributed by atoms with E-state index in [1.165, 1.54) is 19.4 Å². The van der Waals surface area contributed by atoms with Gasteiger partial charge in [-0.2, -0.15) is 0 Å². The predicted octanol–water partition coefficient (Wildman–Crippen LogP) is 2.37. The van der Waals surface area contributed by atoms with E-state index in [9.17, 15) is 0 Å². The number of nitrogens with zero attached hydrogens (tertiary/aromatic N) is 2. The smallest absolute Gasteiger partial charge is 0.188 e. The number of likely N-dealkylation sites (tertiary alicyclic amines) is 1. The molecule has 1 saturated heterocycles. The number of rotatable bonds is 8. The third kappa shape index (κ3) is 5.04. The summed E-state index contributed by atoms with van der Waals surface area (Å²) in [5.74, 6) is 1.98. The van der Waals surface area contributed by atoms with Gasteiger partial charge in [-0.3, -0.25) is 9.89 Å². The second kappa shape index (κ2) is 9.12. The SMILES string of the molecule is CCN1CCCC1CNC(N)=NCC(C)(C)c1ccc(OC)c(OC)c1. The average Bonchev–Trinajstić information content (AvgIpc) is 3.11. The van der Waals surface area contributed by atoms with Gasteiger partial charge in [-0.05, 0) is 43.6 Å². The van der Waals surface area contributed by atoms with E-state index in [4.69, 9.17) is 15.2 Å². The molecule has 6 heteroatoms. The Morgan fingerprint density at radius 1 is 1.31 bits per heavy atom. The molecule has 3 N–H and O–H groups in total. The predicted molar refractivity (Wildman–Crippen MR) is 107 cm³/mol. The zero-order valence-electron chi connectivity index (χ0n) is 16.8. The van der Waals surface area contributed by atoms with Gasteiger partial charge >= 0.3 is 0 Å². The molecule has 1 aliphatic heterocycles. The molecule has 0 aliphatic carbocycles. The second-order valence-electron chi connectivity index (χ2n) is 7.46. The highest BCUT2D eigenvalue weighted by Crippen LogP contribution is 2.33. The number of likely N-dealkylation sites (N-methyl/N-ethyl adjacent to an activating group) is 1. The average molecular weight is 363 g/mol. The summed E-state index contributed by atoms with van der Waals surface area (Å²) >= 11 is 0. The van der Waals surface area contributed by atoms with E-state index >= 15 is 0 Å². The highest BCUT2D eigenvalue weighted by Gasteiger charge is 2.24. The first-order valence-corrected chi connectivity index (χ1v) is 9.41. The van der Waals surface area contributed by atoms with Crippen LogP contribution in [0.15, 0.2) is 23.2 Å². The van der Waals surface area contributed by atoms with Crippen LogP contribution in [0.3, 0.4) is 0 Å². The number of aliphatic imine (C=N–C) groups is 1. The van der Waals surface area contributed by atoms with Crippen molar-refractivity contribution in [1.82, 2.24) is 10.2 Å². The van der Waals surface area contributed by atoms with Crippen LogP contribution in [0.5, 0.6) is 11.5 Å². The van der Waals surface area contributed by atoms with E-state index in [-0.39, 0.29) is 5.41 Å². The summed E-state index contributed by atoms with van der Waals surface area (Å²) in [7, 11) is 3.29. The highest BCUT2D eigenvalue weighted by atomic mass is 16.5. The molecule has 1 aromatic rings. The number of benzene rings is 1. The normalized spacial score (nSPS) is 18.8. The van der Waals surface area contributed by atoms with Crippen LogP contribution in [0.4, 0.5) is 0 Å². The van der Waals surface area contributed by atoms with Gasteiger partial charge in [-0.1, -0.05) is 26.8 Å². The molecule has 2 rings (SSSR count). The van der Waals surface area contributed by atoms with Gasteiger partial charge in [0.1, 0.15) is 0 Å². The Hall–Kier alpha value is -1.95. The molecule has 0 bridgehead atoms. The van der Waals surface area contributed by atoms with Crippen LogP contribution in [-0.4, -0.2) is 57.3 Å². The molecule has 0 saturated carbocycles. The Kier molecular flexibility index (Phi) is 7.14. The first-order chi connectivity index (χ1) is 12.4. The molecule has 1 heterocycles. The third-order valence-corrected chi connectivity index (χ3v) is 5.23. The molecule has 0 aromatic heterocycles. The molecule has 1 fully saturated rings. The van der Waals surface area contributed by atoms with Crippen molar-refractivity contribution < 1.29 is 9.47 Å². The van der Waals surface area contributed by atoms with Crippen LogP contribution in [0.1, 0.15) is 39.2 Å². The van der Waals surface area contributed by atoms with E-state index in [0.29, 0.717) is 18.5 Å². The van der Waals surface area contributed by atoms with E-state index in [1.807, 2.05) is 12.1 Å². The molecule has 0 radical (unpaired) electrons. The minimum atomic E-state index is -0.158. The lowest BCUT2D eigenvalue weighted by molar-refractivity contribution is 0.267. The lowest BCUT2D eigenvalue weighted by Crippen LogP contribution is -2.43. The summed E-state index contributed by atoms with van der Waals surface area (Å²) in [6.45, 7) is 10.3. The van der Waals surface area contributed by atoms with Crippen LogP contribution in [-0.2, 0) is 5.41 Å². The van der Waals surface area contributed by atoms with Crippen LogP contribution in [0.25, 0.3) is 0 Å². The van der Waals surface area contributed by atoms with Gasteiger partial charge in [-0.25, -0.2) is 0 Å². The van der Waals surface area contributed by atoms with Crippen LogP contribution < -0.4 is 20.5 Å². The zero-order valence-corrected chi connectivity index (χ0v) is 16.8. The summed E-state index contributed by atoms with van der Waals surface area (Å²) in [6, 6.07) is 6.56. The Labute approximate surface area is 157 Å². The fourth-order valence-corrected chi connectivity index (χ4v) is 3.45. The molecule has 1 aliphatic rings. The van der Waals surface area contributed by atoms with Crippen molar-refractivity contribution in [2.75, 3.05) is 40.4 Å². The van der Waals surface area contributed by atoms with Crippen molar-refractivity contribution in [2.45, 2.75) is 45.1 Å². The van der Waals surface area contributed by atoms with Gasteiger partial charge in [0.15, 0.2) is 17.5 Å². The fourth-order valence-electron chi connectivity index (χ4n) is 3.45. The van der Waals surface area contributed by atoms with Crippen molar-refractivity contribution in [3.8, 4) is 11.5 Å². The molecular formula is C20H34N4O2. The largest absolute Gasteiger partial charge is 0.493 e. The summed E-state index contributed by atoms with van der Waals surface area (Å²) < 4.78 is 10.7. The molecule has 146 valence electrons. The summed E-state index contributed by atoms with van der Waals surface area (Å²) in [5, 5.41) is 3.30. The fraction of sp³-hybridized carbons (Fsp3) is 0.650. The first kappa shape index (κ1) is 20.4. The maximum atomic E-state index is 6.10. The van der Waals surface area contributed by atoms with Crippen LogP contribution in [0.2, 0.25) is 0 Å². The molecular weight excluding hydrogens is 328 g/mol. The maximum absolute atomic E-state index is 6.10. The molecule has 1 aromatic carbocycles. The number of ether oxygens (including phenoxy) is 2. The Morgan fingerprint density at radius 2 is 2.04 bits per heavy atom. The zero-order chi connectivity index (χ0) is 19.2. The molecule has 1 atom stereocenters.